The van der Waals surface area contributed by atoms with Gasteiger partial charge in [-0.15, -0.1) is 0 Å². The number of halogens is 2. The predicted molar refractivity (Wildman–Crippen MR) is 148 cm³/mol. The Morgan fingerprint density at radius 2 is 1.65 bits per heavy atom. The number of carbonyl (C=O) groups excluding carboxylic acids is 1. The zero-order valence-electron chi connectivity index (χ0n) is 20.3. The van der Waals surface area contributed by atoms with Gasteiger partial charge in [0.1, 0.15) is 11.5 Å². The number of hydrogen-bond donors (Lipinski definition) is 1. The van der Waals surface area contributed by atoms with Crippen LogP contribution in [-0.4, -0.2) is 19.1 Å². The molecule has 186 valence electrons. The fraction of sp³-hybridized carbons (Fsp3) is 0.167. The van der Waals surface area contributed by atoms with Gasteiger partial charge in [0.15, 0.2) is 5.60 Å². The van der Waals surface area contributed by atoms with Gasteiger partial charge >= 0.3 is 5.97 Å². The van der Waals surface area contributed by atoms with Crippen molar-refractivity contribution in [2.45, 2.75) is 19.4 Å². The number of esters is 1. The first kappa shape index (κ1) is 23.7. The summed E-state index contributed by atoms with van der Waals surface area (Å²) in [7, 11) is 0. The number of hydrogen-bond acceptors (Lipinski definition) is 5. The fourth-order valence-electron chi connectivity index (χ4n) is 5.28. The summed E-state index contributed by atoms with van der Waals surface area (Å²) in [5.41, 5.74) is 4.19. The lowest BCUT2D eigenvalue weighted by Crippen LogP contribution is -2.33. The summed E-state index contributed by atoms with van der Waals surface area (Å²) in [5, 5.41) is 4.24. The lowest BCUT2D eigenvalue weighted by molar-refractivity contribution is 0.0224. The molecule has 0 aromatic heterocycles. The predicted octanol–water partition coefficient (Wildman–Crippen LogP) is 8.15. The Bertz CT molecular complexity index is 1550. The lowest BCUT2D eigenvalue weighted by Gasteiger charge is -2.37. The summed E-state index contributed by atoms with van der Waals surface area (Å²) in [4.78, 5) is 15.4. The summed E-state index contributed by atoms with van der Waals surface area (Å²) in [6, 6.07) is 24.8. The van der Waals surface area contributed by atoms with Gasteiger partial charge in [0.05, 0.1) is 21.3 Å². The second-order valence-electron chi connectivity index (χ2n) is 9.01. The van der Waals surface area contributed by atoms with Crippen LogP contribution in [-0.2, 0) is 10.3 Å². The molecule has 5 nitrogen and oxygen atoms in total. The van der Waals surface area contributed by atoms with Crippen molar-refractivity contribution in [3.63, 3.8) is 0 Å². The second kappa shape index (κ2) is 9.02. The quantitative estimate of drug-likeness (QED) is 0.264. The fourth-order valence-corrected chi connectivity index (χ4v) is 5.63. The van der Waals surface area contributed by atoms with E-state index in [4.69, 9.17) is 32.7 Å². The maximum absolute atomic E-state index is 13.2. The van der Waals surface area contributed by atoms with E-state index in [1.54, 1.807) is 12.1 Å². The van der Waals surface area contributed by atoms with Crippen molar-refractivity contribution in [1.29, 1.82) is 0 Å². The third-order valence-electron chi connectivity index (χ3n) is 7.05. The molecule has 1 atom stereocenters. The molecule has 0 fully saturated rings. The average Bonchev–Trinajstić information content (AvgIpc) is 3.21. The molecule has 0 bridgehead atoms. The Kier molecular flexibility index (Phi) is 5.78. The van der Waals surface area contributed by atoms with Crippen LogP contribution in [0, 0.1) is 0 Å². The molecule has 0 saturated carbocycles. The topological polar surface area (TPSA) is 50.8 Å². The molecule has 2 heterocycles. The van der Waals surface area contributed by atoms with E-state index in [0.717, 1.165) is 41.2 Å². The molecular weight excluding hydrogens is 507 g/mol. The Hall–Kier alpha value is -3.67. The largest absolute Gasteiger partial charge is 0.456 e. The number of benzene rings is 4. The van der Waals surface area contributed by atoms with Crippen LogP contribution in [0.4, 0.5) is 17.1 Å². The number of rotatable bonds is 5. The molecular formula is C30H24Cl2N2O3. The molecule has 2 aliphatic heterocycles. The number of fused-ring (bicyclic) bond motifs is 6. The SMILES string of the molecule is CCN(CC)c1ccc2c(c1)Oc1ccc(Nc3cccc(Cl)c3Cl)cc1C21OC(=O)c2ccccc21. The summed E-state index contributed by atoms with van der Waals surface area (Å²) < 4.78 is 12.8. The molecule has 1 N–H and O–H groups in total. The van der Waals surface area contributed by atoms with Gasteiger partial charge < -0.3 is 19.7 Å². The highest BCUT2D eigenvalue weighted by atomic mass is 35.5. The van der Waals surface area contributed by atoms with Gasteiger partial charge in [-0.05, 0) is 62.4 Å². The van der Waals surface area contributed by atoms with E-state index in [2.05, 4.69) is 30.1 Å². The van der Waals surface area contributed by atoms with Gasteiger partial charge in [-0.25, -0.2) is 4.79 Å². The molecule has 4 aromatic carbocycles. The zero-order chi connectivity index (χ0) is 25.7. The third-order valence-corrected chi connectivity index (χ3v) is 7.87. The van der Waals surface area contributed by atoms with E-state index >= 15 is 0 Å². The van der Waals surface area contributed by atoms with Crippen molar-refractivity contribution in [2.24, 2.45) is 0 Å². The molecule has 6 rings (SSSR count). The number of nitrogens with zero attached hydrogens (tertiary/aromatic N) is 1. The zero-order valence-corrected chi connectivity index (χ0v) is 21.9. The van der Waals surface area contributed by atoms with Crippen LogP contribution in [0.1, 0.15) is 40.9 Å². The molecule has 0 radical (unpaired) electrons. The van der Waals surface area contributed by atoms with Gasteiger partial charge in [-0.2, -0.15) is 0 Å². The highest BCUT2D eigenvalue weighted by Crippen LogP contribution is 2.57. The Labute approximate surface area is 225 Å². The number of anilines is 3. The first-order valence-corrected chi connectivity index (χ1v) is 13.0. The van der Waals surface area contributed by atoms with Crippen LogP contribution < -0.4 is 15.0 Å². The summed E-state index contributed by atoms with van der Waals surface area (Å²) >= 11 is 12.7. The Morgan fingerprint density at radius 1 is 0.838 bits per heavy atom. The van der Waals surface area contributed by atoms with Crippen LogP contribution in [0.25, 0.3) is 0 Å². The molecule has 7 heteroatoms. The van der Waals surface area contributed by atoms with E-state index in [1.807, 2.05) is 60.7 Å². The van der Waals surface area contributed by atoms with Gasteiger partial charge in [0.2, 0.25) is 0 Å². The van der Waals surface area contributed by atoms with Crippen LogP contribution in [0.5, 0.6) is 11.5 Å². The van der Waals surface area contributed by atoms with Gasteiger partial charge in [0.25, 0.3) is 0 Å². The number of carbonyl (C=O) groups is 1. The second-order valence-corrected chi connectivity index (χ2v) is 9.79. The summed E-state index contributed by atoms with van der Waals surface area (Å²) in [5.74, 6) is 0.926. The molecule has 4 aromatic rings. The standard InChI is InChI=1S/C30H24Cl2N2O3/c1-3-34(4-2)19-13-14-22-27(17-19)36-26-15-12-18(33-25-11-7-10-24(31)28(25)32)16-23(26)30(22)21-9-6-5-8-20(21)29(35)37-30/h5-17,33H,3-4H2,1-2H3. The van der Waals surface area contributed by atoms with Crippen molar-refractivity contribution in [3.05, 3.63) is 111 Å². The molecule has 1 spiro atoms. The first-order valence-electron chi connectivity index (χ1n) is 12.2. The van der Waals surface area contributed by atoms with Crippen molar-refractivity contribution in [3.8, 4) is 11.5 Å². The molecule has 0 amide bonds. The molecule has 37 heavy (non-hydrogen) atoms. The van der Waals surface area contributed by atoms with Crippen molar-refractivity contribution < 1.29 is 14.3 Å². The third kappa shape index (κ3) is 3.64. The minimum atomic E-state index is -1.14. The highest BCUT2D eigenvalue weighted by Gasteiger charge is 2.53. The molecule has 0 aliphatic carbocycles. The van der Waals surface area contributed by atoms with Crippen LogP contribution >= 0.6 is 23.2 Å². The minimum absolute atomic E-state index is 0.363. The Balaban J connectivity index is 1.55. The number of ether oxygens (including phenoxy) is 2. The summed E-state index contributed by atoms with van der Waals surface area (Å²) in [6.07, 6.45) is 0. The maximum Gasteiger partial charge on any atom is 0.340 e. The van der Waals surface area contributed by atoms with Gasteiger partial charge in [-0.3, -0.25) is 0 Å². The van der Waals surface area contributed by atoms with E-state index in [1.165, 1.54) is 0 Å². The van der Waals surface area contributed by atoms with Gasteiger partial charge in [-0.1, -0.05) is 47.5 Å². The van der Waals surface area contributed by atoms with Crippen LogP contribution in [0.2, 0.25) is 10.0 Å². The Morgan fingerprint density at radius 3 is 2.46 bits per heavy atom. The van der Waals surface area contributed by atoms with Crippen LogP contribution in [0.3, 0.4) is 0 Å². The van der Waals surface area contributed by atoms with Crippen molar-refractivity contribution in [2.75, 3.05) is 23.3 Å². The monoisotopic (exact) mass is 530 g/mol. The number of nitrogens with one attached hydrogen (secondary N) is 1. The van der Waals surface area contributed by atoms with Gasteiger partial charge in [0, 0.05) is 47.2 Å². The van der Waals surface area contributed by atoms with E-state index in [0.29, 0.717) is 32.8 Å². The maximum atomic E-state index is 13.2. The normalized spacial score (nSPS) is 16.9. The van der Waals surface area contributed by atoms with E-state index in [9.17, 15) is 4.79 Å². The van der Waals surface area contributed by atoms with E-state index in [-0.39, 0.29) is 5.97 Å². The summed E-state index contributed by atoms with van der Waals surface area (Å²) in [6.45, 7) is 5.98. The highest BCUT2D eigenvalue weighted by molar-refractivity contribution is 6.43. The van der Waals surface area contributed by atoms with Crippen molar-refractivity contribution >= 4 is 46.2 Å². The average molecular weight is 531 g/mol. The van der Waals surface area contributed by atoms with Crippen molar-refractivity contribution in [1.82, 2.24) is 0 Å². The molecule has 2 aliphatic rings. The lowest BCUT2D eigenvalue weighted by atomic mass is 9.77. The van der Waals surface area contributed by atoms with Crippen LogP contribution in [0.15, 0.2) is 78.9 Å². The smallest absolute Gasteiger partial charge is 0.340 e. The molecule has 1 unspecified atom stereocenters. The van der Waals surface area contributed by atoms with E-state index < -0.39 is 5.60 Å². The molecule has 0 saturated heterocycles. The minimum Gasteiger partial charge on any atom is -0.456 e. The first-order chi connectivity index (χ1) is 18.0.